The molecule has 3 amide bonds. The number of nitrogens with zero attached hydrogens (tertiary/aromatic N) is 2. The second-order valence-electron chi connectivity index (χ2n) is 8.30. The third-order valence-corrected chi connectivity index (χ3v) is 5.45. The number of aliphatic hydroxyl groups excluding tert-OH is 1. The molecular weight excluding hydrogens is 466 g/mol. The maximum atomic E-state index is 13.0. The Labute approximate surface area is 202 Å². The van der Waals surface area contributed by atoms with Gasteiger partial charge >= 0.3 is 11.9 Å². The molecule has 0 radical (unpaired) electrons. The third kappa shape index (κ3) is 9.74. The second-order valence-corrected chi connectivity index (χ2v) is 8.30. The number of hydrogen-bond donors (Lipinski definition) is 8. The van der Waals surface area contributed by atoms with E-state index in [0.717, 1.165) is 0 Å². The third-order valence-electron chi connectivity index (χ3n) is 5.45. The highest BCUT2D eigenvalue weighted by molar-refractivity contribution is 5.94. The first-order valence-corrected chi connectivity index (χ1v) is 11.2. The number of carboxylic acids is 2. The van der Waals surface area contributed by atoms with Crippen molar-refractivity contribution in [2.45, 2.75) is 75.7 Å². The molecule has 0 bridgehead atoms. The van der Waals surface area contributed by atoms with Gasteiger partial charge in [-0.3, -0.25) is 24.2 Å². The van der Waals surface area contributed by atoms with Crippen LogP contribution in [0, 0.1) is 0 Å². The zero-order chi connectivity index (χ0) is 26.7. The number of nitrogens with one attached hydrogen (secondary N) is 2. The van der Waals surface area contributed by atoms with Gasteiger partial charge in [-0.15, -0.1) is 0 Å². The van der Waals surface area contributed by atoms with Crippen LogP contribution < -0.4 is 27.8 Å². The van der Waals surface area contributed by atoms with Gasteiger partial charge in [-0.25, -0.2) is 4.79 Å². The lowest BCUT2D eigenvalue weighted by Crippen LogP contribution is -2.57. The quantitative estimate of drug-likeness (QED) is 0.0662. The normalized spacial score (nSPS) is 18.6. The smallest absolute Gasteiger partial charge is 0.328 e. The van der Waals surface area contributed by atoms with Gasteiger partial charge in [0.15, 0.2) is 12.0 Å². The number of likely N-dealkylation sites (tertiary alicyclic amines) is 1. The van der Waals surface area contributed by atoms with Crippen LogP contribution in [-0.4, -0.2) is 99.2 Å². The molecule has 1 saturated heterocycles. The molecule has 5 atom stereocenters. The number of carboxylic acid groups (broad SMARTS) is 2. The Balaban J connectivity index is 2.94. The lowest BCUT2D eigenvalue weighted by molar-refractivity contribution is -0.145. The van der Waals surface area contributed by atoms with E-state index in [1.807, 2.05) is 0 Å². The summed E-state index contributed by atoms with van der Waals surface area (Å²) >= 11 is 0. The number of guanidine groups is 1. The average Bonchev–Trinajstić information content (AvgIpc) is 3.26. The van der Waals surface area contributed by atoms with E-state index in [1.54, 1.807) is 0 Å². The number of aliphatic imine (C=N–C) groups is 1. The Morgan fingerprint density at radius 3 is 2.31 bits per heavy atom. The molecule has 0 aliphatic carbocycles. The zero-order valence-electron chi connectivity index (χ0n) is 19.6. The van der Waals surface area contributed by atoms with E-state index in [-0.39, 0.29) is 44.7 Å². The zero-order valence-corrected chi connectivity index (χ0v) is 19.6. The molecule has 198 valence electrons. The summed E-state index contributed by atoms with van der Waals surface area (Å²) < 4.78 is 0. The van der Waals surface area contributed by atoms with Gasteiger partial charge in [0.25, 0.3) is 0 Å². The van der Waals surface area contributed by atoms with Gasteiger partial charge < -0.3 is 48.1 Å². The molecule has 0 saturated carbocycles. The lowest BCUT2D eigenvalue weighted by Gasteiger charge is -2.28. The van der Waals surface area contributed by atoms with E-state index in [0.29, 0.717) is 12.8 Å². The van der Waals surface area contributed by atoms with Gasteiger partial charge in [-0.2, -0.15) is 0 Å². The Bertz CT molecular complexity index is 815. The van der Waals surface area contributed by atoms with Crippen molar-refractivity contribution in [3.63, 3.8) is 0 Å². The predicted molar refractivity (Wildman–Crippen MR) is 123 cm³/mol. The van der Waals surface area contributed by atoms with Crippen LogP contribution in [0.5, 0.6) is 0 Å². The van der Waals surface area contributed by atoms with Crippen LogP contribution in [-0.2, 0) is 24.0 Å². The number of hydrogen-bond acceptors (Lipinski definition) is 8. The molecule has 0 spiro atoms. The van der Waals surface area contributed by atoms with Crippen molar-refractivity contribution in [1.82, 2.24) is 15.5 Å². The molecule has 1 aliphatic heterocycles. The SMILES string of the molecule is CC(O)C(NC(=O)C(CCCN=C(N)N)NC(=O)C1CCCN1C(=O)C(N)CCC(=O)O)C(=O)O. The van der Waals surface area contributed by atoms with Gasteiger partial charge in [0.05, 0.1) is 12.1 Å². The second kappa shape index (κ2) is 14.1. The summed E-state index contributed by atoms with van der Waals surface area (Å²) in [5.74, 6) is -4.78. The largest absolute Gasteiger partial charge is 0.481 e. The van der Waals surface area contributed by atoms with Crippen molar-refractivity contribution in [2.75, 3.05) is 13.1 Å². The van der Waals surface area contributed by atoms with E-state index in [4.69, 9.17) is 22.3 Å². The van der Waals surface area contributed by atoms with E-state index < -0.39 is 59.9 Å². The van der Waals surface area contributed by atoms with Crippen LogP contribution in [0.1, 0.15) is 45.4 Å². The highest BCUT2D eigenvalue weighted by Crippen LogP contribution is 2.19. The molecule has 0 aromatic heterocycles. The summed E-state index contributed by atoms with van der Waals surface area (Å²) in [6.45, 7) is 1.58. The number of carbonyl (C=O) groups is 5. The summed E-state index contributed by atoms with van der Waals surface area (Å²) in [6, 6.07) is -4.83. The van der Waals surface area contributed by atoms with Crippen LogP contribution in [0.25, 0.3) is 0 Å². The summed E-state index contributed by atoms with van der Waals surface area (Å²) in [5, 5.41) is 32.4. The highest BCUT2D eigenvalue weighted by atomic mass is 16.4. The molecule has 11 N–H and O–H groups in total. The minimum atomic E-state index is -1.60. The first-order valence-electron chi connectivity index (χ1n) is 11.2. The molecule has 5 unspecified atom stereocenters. The monoisotopic (exact) mass is 501 g/mol. The number of aliphatic carboxylic acids is 2. The Hall–Kier alpha value is -3.46. The first-order chi connectivity index (χ1) is 16.3. The van der Waals surface area contributed by atoms with Crippen molar-refractivity contribution in [3.8, 4) is 0 Å². The van der Waals surface area contributed by atoms with Crippen LogP contribution >= 0.6 is 0 Å². The summed E-state index contributed by atoms with van der Waals surface area (Å²) in [5.41, 5.74) is 16.4. The molecule has 15 heteroatoms. The van der Waals surface area contributed by atoms with Crippen molar-refractivity contribution in [2.24, 2.45) is 22.2 Å². The molecule has 35 heavy (non-hydrogen) atoms. The van der Waals surface area contributed by atoms with E-state index in [2.05, 4.69) is 15.6 Å². The minimum Gasteiger partial charge on any atom is -0.481 e. The van der Waals surface area contributed by atoms with Crippen LogP contribution in [0.4, 0.5) is 0 Å². The van der Waals surface area contributed by atoms with Gasteiger partial charge in [0, 0.05) is 19.5 Å². The molecule has 1 heterocycles. The van der Waals surface area contributed by atoms with E-state index in [9.17, 15) is 34.2 Å². The van der Waals surface area contributed by atoms with Crippen molar-refractivity contribution in [3.05, 3.63) is 0 Å². The van der Waals surface area contributed by atoms with Gasteiger partial charge in [0.2, 0.25) is 17.7 Å². The van der Waals surface area contributed by atoms with Crippen LogP contribution in [0.15, 0.2) is 4.99 Å². The predicted octanol–water partition coefficient (Wildman–Crippen LogP) is -3.34. The van der Waals surface area contributed by atoms with Gasteiger partial charge in [0.1, 0.15) is 12.1 Å². The van der Waals surface area contributed by atoms with Crippen molar-refractivity contribution >= 4 is 35.6 Å². The fourth-order valence-corrected chi connectivity index (χ4v) is 3.60. The molecule has 15 nitrogen and oxygen atoms in total. The summed E-state index contributed by atoms with van der Waals surface area (Å²) in [7, 11) is 0. The maximum absolute atomic E-state index is 13.0. The van der Waals surface area contributed by atoms with E-state index in [1.165, 1.54) is 11.8 Å². The van der Waals surface area contributed by atoms with Crippen LogP contribution in [0.3, 0.4) is 0 Å². The standard InChI is InChI=1S/C20H35N7O8/c1-10(28)15(19(34)35)26-16(31)12(4-2-8-24-20(22)23)25-17(32)13-5-3-9-27(13)18(33)11(21)6-7-14(29)30/h10-13,15,28H,2-9,21H2,1H3,(H,25,32)(H,26,31)(H,29,30)(H,34,35)(H4,22,23,24). The molecule has 1 rings (SSSR count). The average molecular weight is 502 g/mol. The first kappa shape index (κ1) is 29.6. The number of amides is 3. The highest BCUT2D eigenvalue weighted by Gasteiger charge is 2.38. The molecule has 1 aliphatic rings. The molecule has 1 fully saturated rings. The summed E-state index contributed by atoms with van der Waals surface area (Å²) in [4.78, 5) is 65.6. The number of nitrogens with two attached hydrogens (primary N) is 3. The van der Waals surface area contributed by atoms with E-state index >= 15 is 0 Å². The summed E-state index contributed by atoms with van der Waals surface area (Å²) in [6.07, 6.45) is -0.689. The Kier molecular flexibility index (Phi) is 11.9. The van der Waals surface area contributed by atoms with Crippen LogP contribution in [0.2, 0.25) is 0 Å². The van der Waals surface area contributed by atoms with Crippen molar-refractivity contribution < 1.29 is 39.3 Å². The number of aliphatic hydroxyl groups is 1. The Morgan fingerprint density at radius 2 is 1.77 bits per heavy atom. The fraction of sp³-hybridized carbons (Fsp3) is 0.700. The fourth-order valence-electron chi connectivity index (χ4n) is 3.60. The molecule has 0 aromatic carbocycles. The molecule has 0 aromatic rings. The number of carbonyl (C=O) groups excluding carboxylic acids is 3. The number of rotatable bonds is 14. The van der Waals surface area contributed by atoms with Gasteiger partial charge in [-0.05, 0) is 39.0 Å². The topological polar surface area (TPSA) is 264 Å². The van der Waals surface area contributed by atoms with Gasteiger partial charge in [-0.1, -0.05) is 0 Å². The maximum Gasteiger partial charge on any atom is 0.328 e. The Morgan fingerprint density at radius 1 is 1.11 bits per heavy atom. The van der Waals surface area contributed by atoms with Crippen molar-refractivity contribution in [1.29, 1.82) is 0 Å². The lowest BCUT2D eigenvalue weighted by atomic mass is 10.1. The minimum absolute atomic E-state index is 0.0410. The molecular formula is C20H35N7O8.